The lowest BCUT2D eigenvalue weighted by atomic mass is 10.1. The van der Waals surface area contributed by atoms with E-state index in [-0.39, 0.29) is 16.9 Å². The Labute approximate surface area is 147 Å². The zero-order valence-corrected chi connectivity index (χ0v) is 13.9. The minimum absolute atomic E-state index is 0.00439. The van der Waals surface area contributed by atoms with Crippen LogP contribution >= 0.6 is 11.6 Å². The number of phenolic OH excluding ortho intramolecular Hbond substituents is 1. The normalized spacial score (nSPS) is 10.6. The summed E-state index contributed by atoms with van der Waals surface area (Å²) >= 11 is 5.97. The van der Waals surface area contributed by atoms with Crippen LogP contribution in [0.1, 0.15) is 27.6 Å². The van der Waals surface area contributed by atoms with Gasteiger partial charge in [0.05, 0.1) is 16.6 Å². The Morgan fingerprint density at radius 2 is 1.80 bits per heavy atom. The molecule has 1 heterocycles. The van der Waals surface area contributed by atoms with E-state index in [0.717, 1.165) is 4.68 Å². The molecule has 0 aliphatic carbocycles. The number of para-hydroxylation sites is 1. The first-order chi connectivity index (χ1) is 11.9. The van der Waals surface area contributed by atoms with Crippen LogP contribution in [0.4, 0.5) is 0 Å². The molecule has 7 heteroatoms. The van der Waals surface area contributed by atoms with Gasteiger partial charge in [-0.25, -0.2) is 4.68 Å². The lowest BCUT2D eigenvalue weighted by Gasteiger charge is -2.14. The second-order valence-corrected chi connectivity index (χ2v) is 5.85. The number of carbonyl (C=O) groups is 2. The van der Waals surface area contributed by atoms with Crippen LogP contribution in [-0.4, -0.2) is 21.5 Å². The van der Waals surface area contributed by atoms with E-state index in [4.69, 9.17) is 11.6 Å². The van der Waals surface area contributed by atoms with Crippen molar-refractivity contribution in [2.45, 2.75) is 6.92 Å². The molecule has 0 atom stereocenters. The summed E-state index contributed by atoms with van der Waals surface area (Å²) in [6, 6.07) is 12.1. The van der Waals surface area contributed by atoms with Crippen molar-refractivity contribution in [3.8, 4) is 5.75 Å². The Kier molecular flexibility index (Phi) is 4.29. The number of halogens is 1. The van der Waals surface area contributed by atoms with Crippen molar-refractivity contribution in [3.63, 3.8) is 0 Å². The summed E-state index contributed by atoms with van der Waals surface area (Å²) in [5.74, 6) is -1.34. The first-order valence-corrected chi connectivity index (χ1v) is 7.72. The highest BCUT2D eigenvalue weighted by molar-refractivity contribution is 6.31. The third kappa shape index (κ3) is 3.12. The van der Waals surface area contributed by atoms with Gasteiger partial charge in [0, 0.05) is 10.4 Å². The zero-order chi connectivity index (χ0) is 18.1. The van der Waals surface area contributed by atoms with E-state index < -0.39 is 17.2 Å². The van der Waals surface area contributed by atoms with Crippen molar-refractivity contribution in [1.82, 2.24) is 4.68 Å². The molecule has 1 aromatic heterocycles. The molecule has 0 aliphatic rings. The number of nitrogens with zero attached hydrogens (tertiary/aromatic N) is 1. The lowest BCUT2D eigenvalue weighted by Crippen LogP contribution is -2.36. The molecular formula is C18H13ClN2O4. The van der Waals surface area contributed by atoms with Crippen LogP contribution in [0.25, 0.3) is 10.9 Å². The molecule has 1 amide bonds. The van der Waals surface area contributed by atoms with E-state index in [2.05, 4.69) is 5.43 Å². The van der Waals surface area contributed by atoms with Gasteiger partial charge in [0.2, 0.25) is 0 Å². The second-order valence-electron chi connectivity index (χ2n) is 5.42. The second kappa shape index (κ2) is 6.41. The molecule has 0 fully saturated rings. The van der Waals surface area contributed by atoms with Crippen molar-refractivity contribution in [2.24, 2.45) is 0 Å². The summed E-state index contributed by atoms with van der Waals surface area (Å²) in [5.41, 5.74) is 2.08. The number of fused-ring (bicyclic) bond motifs is 1. The standard InChI is InChI=1S/C18H13ClN2O4/c1-10(22)14-9-11-8-12(19)6-7-15(11)21(18(14)25)20-17(24)13-4-2-3-5-16(13)23/h2-9,23H,1H3,(H,20,24). The molecule has 0 saturated carbocycles. The van der Waals surface area contributed by atoms with Gasteiger partial charge < -0.3 is 5.11 Å². The number of aromatic nitrogens is 1. The number of pyridine rings is 1. The van der Waals surface area contributed by atoms with Crippen molar-refractivity contribution in [3.05, 3.63) is 75.0 Å². The van der Waals surface area contributed by atoms with Crippen molar-refractivity contribution in [1.29, 1.82) is 0 Å². The SMILES string of the molecule is CC(=O)c1cc2cc(Cl)ccc2n(NC(=O)c2ccccc2O)c1=O. The minimum Gasteiger partial charge on any atom is -0.507 e. The average molecular weight is 357 g/mol. The molecule has 126 valence electrons. The Morgan fingerprint density at radius 3 is 2.48 bits per heavy atom. The average Bonchev–Trinajstić information content (AvgIpc) is 2.57. The van der Waals surface area contributed by atoms with E-state index in [1.165, 1.54) is 25.1 Å². The summed E-state index contributed by atoms with van der Waals surface area (Å²) < 4.78 is 0.983. The van der Waals surface area contributed by atoms with Crippen LogP contribution in [0.2, 0.25) is 5.02 Å². The monoisotopic (exact) mass is 356 g/mol. The summed E-state index contributed by atoms with van der Waals surface area (Å²) in [6.07, 6.45) is 0. The first kappa shape index (κ1) is 16.7. The fraction of sp³-hybridized carbons (Fsp3) is 0.0556. The number of rotatable bonds is 3. The van der Waals surface area contributed by atoms with Gasteiger partial charge in [0.1, 0.15) is 5.75 Å². The van der Waals surface area contributed by atoms with Crippen molar-refractivity contribution < 1.29 is 14.7 Å². The molecule has 3 rings (SSSR count). The molecule has 0 aliphatic heterocycles. The highest BCUT2D eigenvalue weighted by Crippen LogP contribution is 2.20. The van der Waals surface area contributed by atoms with Gasteiger partial charge in [-0.2, -0.15) is 0 Å². The molecule has 0 saturated heterocycles. The predicted molar refractivity (Wildman–Crippen MR) is 95.0 cm³/mol. The van der Waals surface area contributed by atoms with Crippen LogP contribution in [0.5, 0.6) is 5.75 Å². The fourth-order valence-corrected chi connectivity index (χ4v) is 2.66. The molecule has 3 aromatic rings. The maximum absolute atomic E-state index is 12.6. The number of nitrogens with one attached hydrogen (secondary N) is 1. The largest absolute Gasteiger partial charge is 0.507 e. The topological polar surface area (TPSA) is 88.4 Å². The Bertz CT molecular complexity index is 1070. The van der Waals surface area contributed by atoms with E-state index in [9.17, 15) is 19.5 Å². The molecule has 0 unspecified atom stereocenters. The van der Waals surface area contributed by atoms with Crippen LogP contribution in [0.3, 0.4) is 0 Å². The number of ketones is 1. The first-order valence-electron chi connectivity index (χ1n) is 7.34. The van der Waals surface area contributed by atoms with Gasteiger partial charge >= 0.3 is 0 Å². The summed E-state index contributed by atoms with van der Waals surface area (Å²) in [5, 5.41) is 10.8. The zero-order valence-electron chi connectivity index (χ0n) is 13.1. The molecule has 25 heavy (non-hydrogen) atoms. The fourth-order valence-electron chi connectivity index (χ4n) is 2.48. The quantitative estimate of drug-likeness (QED) is 0.706. The molecular weight excluding hydrogens is 344 g/mol. The third-order valence-corrected chi connectivity index (χ3v) is 3.94. The molecule has 2 N–H and O–H groups in total. The maximum atomic E-state index is 12.6. The van der Waals surface area contributed by atoms with Gasteiger partial charge in [0.15, 0.2) is 5.78 Å². The summed E-state index contributed by atoms with van der Waals surface area (Å²) in [7, 11) is 0. The number of hydrogen-bond donors (Lipinski definition) is 2. The van der Waals surface area contributed by atoms with Crippen molar-refractivity contribution >= 4 is 34.2 Å². The smallest absolute Gasteiger partial charge is 0.280 e. The van der Waals surface area contributed by atoms with Crippen LogP contribution < -0.4 is 11.0 Å². The van der Waals surface area contributed by atoms with E-state index in [1.54, 1.807) is 30.3 Å². The predicted octanol–water partition coefficient (Wildman–Crippen LogP) is 2.95. The summed E-state index contributed by atoms with van der Waals surface area (Å²) in [6.45, 7) is 1.27. The van der Waals surface area contributed by atoms with Crippen LogP contribution in [0.15, 0.2) is 53.3 Å². The number of amides is 1. The Morgan fingerprint density at radius 1 is 1.08 bits per heavy atom. The van der Waals surface area contributed by atoms with Gasteiger partial charge in [-0.05, 0) is 43.3 Å². The van der Waals surface area contributed by atoms with Gasteiger partial charge in [-0.1, -0.05) is 23.7 Å². The number of Topliss-reactive ketones (excluding diaryl/α,β-unsaturated/α-hetero) is 1. The van der Waals surface area contributed by atoms with Gasteiger partial charge in [-0.15, -0.1) is 0 Å². The molecule has 6 nitrogen and oxygen atoms in total. The molecule has 0 bridgehead atoms. The highest BCUT2D eigenvalue weighted by Gasteiger charge is 2.17. The number of hydrogen-bond acceptors (Lipinski definition) is 4. The number of benzene rings is 2. The van der Waals surface area contributed by atoms with E-state index >= 15 is 0 Å². The molecule has 0 spiro atoms. The summed E-state index contributed by atoms with van der Waals surface area (Å²) in [4.78, 5) is 36.8. The van der Waals surface area contributed by atoms with E-state index in [0.29, 0.717) is 15.9 Å². The van der Waals surface area contributed by atoms with Gasteiger partial charge in [-0.3, -0.25) is 19.8 Å². The third-order valence-electron chi connectivity index (χ3n) is 3.71. The van der Waals surface area contributed by atoms with Crippen LogP contribution in [-0.2, 0) is 0 Å². The van der Waals surface area contributed by atoms with Crippen molar-refractivity contribution in [2.75, 3.05) is 5.43 Å². The van der Waals surface area contributed by atoms with E-state index in [1.807, 2.05) is 0 Å². The Balaban J connectivity index is 2.19. The number of aromatic hydroxyl groups is 1. The van der Waals surface area contributed by atoms with Gasteiger partial charge in [0.25, 0.3) is 11.5 Å². The van der Waals surface area contributed by atoms with Crippen LogP contribution in [0, 0.1) is 0 Å². The Hall–Kier alpha value is -3.12. The number of carbonyl (C=O) groups excluding carboxylic acids is 2. The minimum atomic E-state index is -0.683. The highest BCUT2D eigenvalue weighted by atomic mass is 35.5. The number of phenols is 1. The maximum Gasteiger partial charge on any atom is 0.280 e. The molecule has 2 aromatic carbocycles. The lowest BCUT2D eigenvalue weighted by molar-refractivity contribution is 0.0994. The molecule has 0 radical (unpaired) electrons.